The van der Waals surface area contributed by atoms with Crippen molar-refractivity contribution < 1.29 is 4.74 Å². The first kappa shape index (κ1) is 13.1. The summed E-state index contributed by atoms with van der Waals surface area (Å²) < 4.78 is 5.70. The Labute approximate surface area is 113 Å². The predicted molar refractivity (Wildman–Crippen MR) is 74.9 cm³/mol. The number of hydrogen-bond donors (Lipinski definition) is 1. The highest BCUT2D eigenvalue weighted by atomic mass is 16.5. The van der Waals surface area contributed by atoms with Crippen molar-refractivity contribution in [1.29, 1.82) is 5.26 Å². The van der Waals surface area contributed by atoms with Crippen LogP contribution in [-0.4, -0.2) is 0 Å². The molecule has 0 radical (unpaired) electrons. The van der Waals surface area contributed by atoms with Gasteiger partial charge in [0.05, 0.1) is 11.6 Å². The second kappa shape index (κ2) is 6.03. The maximum absolute atomic E-state index is 8.83. The van der Waals surface area contributed by atoms with Gasteiger partial charge >= 0.3 is 0 Å². The molecule has 3 heteroatoms. The maximum Gasteiger partial charge on any atom is 0.128 e. The van der Waals surface area contributed by atoms with E-state index < -0.39 is 0 Å². The lowest BCUT2D eigenvalue weighted by molar-refractivity contribution is 0.482. The molecule has 96 valence electrons. The Morgan fingerprint density at radius 2 is 1.89 bits per heavy atom. The molecule has 19 heavy (non-hydrogen) atoms. The molecule has 0 fully saturated rings. The fourth-order valence-electron chi connectivity index (χ4n) is 1.78. The Hall–Kier alpha value is -2.31. The van der Waals surface area contributed by atoms with Gasteiger partial charge in [-0.05, 0) is 42.3 Å². The van der Waals surface area contributed by atoms with Crippen LogP contribution in [0.15, 0.2) is 48.5 Å². The van der Waals surface area contributed by atoms with Gasteiger partial charge in [0.15, 0.2) is 0 Å². The Morgan fingerprint density at radius 1 is 1.16 bits per heavy atom. The lowest BCUT2D eigenvalue weighted by Crippen LogP contribution is -2.07. The summed E-state index contributed by atoms with van der Waals surface area (Å²) in [7, 11) is 0. The zero-order valence-electron chi connectivity index (χ0n) is 10.8. The Bertz CT molecular complexity index is 584. The first-order valence-corrected chi connectivity index (χ1v) is 6.26. The molecule has 0 amide bonds. The monoisotopic (exact) mass is 252 g/mol. The van der Waals surface area contributed by atoms with Crippen LogP contribution in [0, 0.1) is 11.3 Å². The molecule has 0 saturated heterocycles. The van der Waals surface area contributed by atoms with Gasteiger partial charge in [-0.1, -0.05) is 25.1 Å². The highest BCUT2D eigenvalue weighted by Crippen LogP contribution is 2.24. The Kier molecular flexibility index (Phi) is 4.17. The molecule has 0 aliphatic rings. The van der Waals surface area contributed by atoms with Crippen molar-refractivity contribution in [3.8, 4) is 17.6 Å². The number of nitrogens with two attached hydrogens (primary N) is 1. The van der Waals surface area contributed by atoms with E-state index in [-0.39, 0.29) is 6.04 Å². The van der Waals surface area contributed by atoms with Crippen molar-refractivity contribution in [3.05, 3.63) is 59.7 Å². The van der Waals surface area contributed by atoms with Gasteiger partial charge in [0.25, 0.3) is 0 Å². The third-order valence-electron chi connectivity index (χ3n) is 2.95. The zero-order valence-corrected chi connectivity index (χ0v) is 10.8. The lowest BCUT2D eigenvalue weighted by atomic mass is 10.1. The van der Waals surface area contributed by atoms with Gasteiger partial charge < -0.3 is 10.5 Å². The summed E-state index contributed by atoms with van der Waals surface area (Å²) in [6.07, 6.45) is 0.907. The van der Waals surface area contributed by atoms with E-state index >= 15 is 0 Å². The SMILES string of the molecule is CC[C@@H](N)c1ccc(Oc2cccc(C#N)c2)cc1. The van der Waals surface area contributed by atoms with Gasteiger partial charge in [-0.2, -0.15) is 5.26 Å². The van der Waals surface area contributed by atoms with Gasteiger partial charge in [0.2, 0.25) is 0 Å². The molecule has 0 spiro atoms. The van der Waals surface area contributed by atoms with Crippen molar-refractivity contribution in [2.75, 3.05) is 0 Å². The molecule has 2 rings (SSSR count). The summed E-state index contributed by atoms with van der Waals surface area (Å²) >= 11 is 0. The Balaban J connectivity index is 2.13. The topological polar surface area (TPSA) is 59.0 Å². The van der Waals surface area contributed by atoms with Crippen LogP contribution in [0.4, 0.5) is 0 Å². The summed E-state index contributed by atoms with van der Waals surface area (Å²) in [5, 5.41) is 8.83. The number of benzene rings is 2. The standard InChI is InChI=1S/C16H16N2O/c1-2-16(18)13-6-8-14(9-7-13)19-15-5-3-4-12(10-15)11-17/h3-10,16H,2,18H2,1H3/t16-/m1/s1. The minimum Gasteiger partial charge on any atom is -0.457 e. The smallest absolute Gasteiger partial charge is 0.128 e. The average molecular weight is 252 g/mol. The van der Waals surface area contributed by atoms with Gasteiger partial charge in [-0.25, -0.2) is 0 Å². The maximum atomic E-state index is 8.83. The molecular weight excluding hydrogens is 236 g/mol. The minimum absolute atomic E-state index is 0.0657. The quantitative estimate of drug-likeness (QED) is 0.901. The van der Waals surface area contributed by atoms with Gasteiger partial charge in [-0.15, -0.1) is 0 Å². The third-order valence-corrected chi connectivity index (χ3v) is 2.95. The normalized spacial score (nSPS) is 11.6. The highest BCUT2D eigenvalue weighted by molar-refractivity contribution is 5.39. The van der Waals surface area contributed by atoms with Crippen LogP contribution >= 0.6 is 0 Å². The van der Waals surface area contributed by atoms with E-state index in [2.05, 4.69) is 13.0 Å². The van der Waals surface area contributed by atoms with Gasteiger partial charge in [0, 0.05) is 6.04 Å². The van der Waals surface area contributed by atoms with E-state index in [0.717, 1.165) is 17.7 Å². The fraction of sp³-hybridized carbons (Fsp3) is 0.188. The zero-order chi connectivity index (χ0) is 13.7. The molecular formula is C16H16N2O. The second-order valence-electron chi connectivity index (χ2n) is 4.33. The molecule has 2 aromatic carbocycles. The van der Waals surface area contributed by atoms with Gasteiger partial charge in [0.1, 0.15) is 11.5 Å². The van der Waals surface area contributed by atoms with Crippen molar-refractivity contribution >= 4 is 0 Å². The van der Waals surface area contributed by atoms with E-state index in [0.29, 0.717) is 11.3 Å². The summed E-state index contributed by atoms with van der Waals surface area (Å²) in [5.41, 5.74) is 7.64. The van der Waals surface area contributed by atoms with Crippen LogP contribution in [-0.2, 0) is 0 Å². The molecule has 0 aromatic heterocycles. The molecule has 2 aromatic rings. The van der Waals surface area contributed by atoms with E-state index in [9.17, 15) is 0 Å². The molecule has 0 aliphatic heterocycles. The number of ether oxygens (including phenoxy) is 1. The molecule has 0 saturated carbocycles. The van der Waals surface area contributed by atoms with Crippen molar-refractivity contribution in [1.82, 2.24) is 0 Å². The average Bonchev–Trinajstić information content (AvgIpc) is 2.47. The fourth-order valence-corrected chi connectivity index (χ4v) is 1.78. The van der Waals surface area contributed by atoms with Crippen molar-refractivity contribution in [3.63, 3.8) is 0 Å². The van der Waals surface area contributed by atoms with Crippen LogP contribution in [0.2, 0.25) is 0 Å². The van der Waals surface area contributed by atoms with E-state index in [1.165, 1.54) is 0 Å². The molecule has 0 heterocycles. The number of nitrogens with zero attached hydrogens (tertiary/aromatic N) is 1. The number of rotatable bonds is 4. The molecule has 0 bridgehead atoms. The lowest BCUT2D eigenvalue weighted by Gasteiger charge is -2.10. The number of hydrogen-bond acceptors (Lipinski definition) is 3. The van der Waals surface area contributed by atoms with E-state index in [1.807, 2.05) is 30.3 Å². The summed E-state index contributed by atoms with van der Waals surface area (Å²) in [4.78, 5) is 0. The molecule has 1 atom stereocenters. The van der Waals surface area contributed by atoms with Crippen LogP contribution in [0.5, 0.6) is 11.5 Å². The second-order valence-corrected chi connectivity index (χ2v) is 4.33. The first-order chi connectivity index (χ1) is 9.22. The van der Waals surface area contributed by atoms with Gasteiger partial charge in [-0.3, -0.25) is 0 Å². The van der Waals surface area contributed by atoms with Crippen molar-refractivity contribution in [2.45, 2.75) is 19.4 Å². The van der Waals surface area contributed by atoms with Crippen LogP contribution in [0.3, 0.4) is 0 Å². The predicted octanol–water partition coefficient (Wildman–Crippen LogP) is 3.76. The molecule has 2 N–H and O–H groups in total. The summed E-state index contributed by atoms with van der Waals surface area (Å²) in [5.74, 6) is 1.40. The van der Waals surface area contributed by atoms with E-state index in [4.69, 9.17) is 15.7 Å². The third kappa shape index (κ3) is 3.34. The molecule has 0 aliphatic carbocycles. The van der Waals surface area contributed by atoms with Crippen molar-refractivity contribution in [2.24, 2.45) is 5.73 Å². The van der Waals surface area contributed by atoms with Crippen LogP contribution in [0.25, 0.3) is 0 Å². The number of nitriles is 1. The first-order valence-electron chi connectivity index (χ1n) is 6.26. The summed E-state index contributed by atoms with van der Waals surface area (Å²) in [6.45, 7) is 2.06. The largest absolute Gasteiger partial charge is 0.457 e. The molecule has 0 unspecified atom stereocenters. The Morgan fingerprint density at radius 3 is 2.53 bits per heavy atom. The van der Waals surface area contributed by atoms with Crippen LogP contribution in [0.1, 0.15) is 30.5 Å². The van der Waals surface area contributed by atoms with E-state index in [1.54, 1.807) is 18.2 Å². The summed E-state index contributed by atoms with van der Waals surface area (Å²) in [6, 6.07) is 17.0. The minimum atomic E-state index is 0.0657. The molecule has 3 nitrogen and oxygen atoms in total. The van der Waals surface area contributed by atoms with Crippen LogP contribution < -0.4 is 10.5 Å². The highest BCUT2D eigenvalue weighted by Gasteiger charge is 2.04.